The number of hydrogen-bond acceptors (Lipinski definition) is 2. The Labute approximate surface area is 87.4 Å². The zero-order valence-electron chi connectivity index (χ0n) is 7.88. The van der Waals surface area contributed by atoms with Crippen molar-refractivity contribution in [2.75, 3.05) is 7.11 Å². The van der Waals surface area contributed by atoms with Gasteiger partial charge >= 0.3 is 0 Å². The predicted octanol–water partition coefficient (Wildman–Crippen LogP) is 2.53. The minimum Gasteiger partial charge on any atom is -0.305 e. The smallest absolute Gasteiger partial charge is 0.0572 e. The lowest BCUT2D eigenvalue weighted by Gasteiger charge is -2.12. The van der Waals surface area contributed by atoms with Gasteiger partial charge in [-0.3, -0.25) is 0 Å². The Morgan fingerprint density at radius 3 is 2.77 bits per heavy atom. The van der Waals surface area contributed by atoms with E-state index in [0.717, 1.165) is 10.9 Å². The molecule has 13 heavy (non-hydrogen) atoms. The molecule has 0 bridgehead atoms. The molecule has 1 N–H and O–H groups in total. The summed E-state index contributed by atoms with van der Waals surface area (Å²) in [7, 11) is 1.64. The molecule has 0 aliphatic carbocycles. The van der Waals surface area contributed by atoms with E-state index in [-0.39, 0.29) is 0 Å². The second kappa shape index (κ2) is 5.37. The molecule has 0 aliphatic rings. The normalized spacial score (nSPS) is 12.8. The monoisotopic (exact) mass is 243 g/mol. The van der Waals surface area contributed by atoms with Gasteiger partial charge in [-0.1, -0.05) is 34.1 Å². The average Bonchev–Trinajstić information content (AvgIpc) is 2.09. The summed E-state index contributed by atoms with van der Waals surface area (Å²) in [6.07, 6.45) is 0.954. The lowest BCUT2D eigenvalue weighted by molar-refractivity contribution is 0.0661. The molecule has 1 aromatic rings. The quantitative estimate of drug-likeness (QED) is 0.822. The number of nitrogens with one attached hydrogen (secondary N) is 1. The highest BCUT2D eigenvalue weighted by atomic mass is 79.9. The van der Waals surface area contributed by atoms with Crippen LogP contribution in [0.3, 0.4) is 0 Å². The molecule has 0 saturated heterocycles. The first-order valence-corrected chi connectivity index (χ1v) is 5.05. The zero-order valence-corrected chi connectivity index (χ0v) is 9.47. The summed E-state index contributed by atoms with van der Waals surface area (Å²) in [6.45, 7) is 2.09. The predicted molar refractivity (Wildman–Crippen MR) is 57.5 cm³/mol. The molecule has 1 rings (SSSR count). The summed E-state index contributed by atoms with van der Waals surface area (Å²) in [5.41, 5.74) is 4.19. The molecule has 3 heteroatoms. The first-order valence-electron chi connectivity index (χ1n) is 4.26. The molecule has 1 unspecified atom stereocenters. The van der Waals surface area contributed by atoms with Crippen molar-refractivity contribution < 1.29 is 4.84 Å². The van der Waals surface area contributed by atoms with Crippen LogP contribution < -0.4 is 5.48 Å². The highest BCUT2D eigenvalue weighted by molar-refractivity contribution is 9.10. The van der Waals surface area contributed by atoms with Crippen molar-refractivity contribution in [3.8, 4) is 0 Å². The summed E-state index contributed by atoms with van der Waals surface area (Å²) in [6, 6.07) is 8.54. The molecule has 72 valence electrons. The summed E-state index contributed by atoms with van der Waals surface area (Å²) < 4.78 is 1.15. The van der Waals surface area contributed by atoms with Crippen LogP contribution in [0.1, 0.15) is 12.5 Å². The Balaban J connectivity index is 2.58. The number of halogens is 1. The second-order valence-electron chi connectivity index (χ2n) is 3.02. The molecule has 2 nitrogen and oxygen atoms in total. The lowest BCUT2D eigenvalue weighted by atomic mass is 10.1. The maximum Gasteiger partial charge on any atom is 0.0572 e. The summed E-state index contributed by atoms with van der Waals surface area (Å²) in [5.74, 6) is 0. The Bertz CT molecular complexity index is 265. The average molecular weight is 244 g/mol. The van der Waals surface area contributed by atoms with E-state index < -0.39 is 0 Å². The minimum atomic E-state index is 0.323. The van der Waals surface area contributed by atoms with Gasteiger partial charge in [0, 0.05) is 10.5 Å². The second-order valence-corrected chi connectivity index (χ2v) is 3.87. The number of hydrogen-bond donors (Lipinski definition) is 1. The largest absolute Gasteiger partial charge is 0.305 e. The minimum absolute atomic E-state index is 0.323. The van der Waals surface area contributed by atoms with Crippen molar-refractivity contribution in [3.63, 3.8) is 0 Å². The van der Waals surface area contributed by atoms with Crippen LogP contribution in [0.15, 0.2) is 28.7 Å². The zero-order chi connectivity index (χ0) is 9.68. The van der Waals surface area contributed by atoms with Gasteiger partial charge in [0.1, 0.15) is 0 Å². The van der Waals surface area contributed by atoms with Crippen molar-refractivity contribution in [3.05, 3.63) is 34.3 Å². The Morgan fingerprint density at radius 1 is 1.46 bits per heavy atom. The van der Waals surface area contributed by atoms with Crippen LogP contribution in [0.2, 0.25) is 0 Å². The van der Waals surface area contributed by atoms with Crippen molar-refractivity contribution in [2.24, 2.45) is 0 Å². The van der Waals surface area contributed by atoms with E-state index in [9.17, 15) is 0 Å². The van der Waals surface area contributed by atoms with Crippen molar-refractivity contribution in [2.45, 2.75) is 19.4 Å². The highest BCUT2D eigenvalue weighted by Crippen LogP contribution is 2.17. The topological polar surface area (TPSA) is 21.3 Å². The van der Waals surface area contributed by atoms with E-state index in [1.165, 1.54) is 5.56 Å². The van der Waals surface area contributed by atoms with Gasteiger partial charge in [0.2, 0.25) is 0 Å². The standard InChI is InChI=1S/C10H14BrNO/c1-8(12-13-2)7-9-5-3-4-6-10(9)11/h3-6,8,12H,7H2,1-2H3. The molecule has 0 fully saturated rings. The molecule has 0 aromatic heterocycles. The van der Waals surface area contributed by atoms with Crippen LogP contribution in [0, 0.1) is 0 Å². The third kappa shape index (κ3) is 3.46. The van der Waals surface area contributed by atoms with Gasteiger partial charge in [0.15, 0.2) is 0 Å². The fraction of sp³-hybridized carbons (Fsp3) is 0.400. The number of rotatable bonds is 4. The van der Waals surface area contributed by atoms with Gasteiger partial charge in [0.05, 0.1) is 7.11 Å². The van der Waals surface area contributed by atoms with Gasteiger partial charge in [0.25, 0.3) is 0 Å². The van der Waals surface area contributed by atoms with Crippen molar-refractivity contribution in [1.82, 2.24) is 5.48 Å². The molecular weight excluding hydrogens is 230 g/mol. The fourth-order valence-electron chi connectivity index (χ4n) is 1.24. The molecule has 1 aromatic carbocycles. The van der Waals surface area contributed by atoms with E-state index >= 15 is 0 Å². The molecular formula is C10H14BrNO. The van der Waals surface area contributed by atoms with Crippen LogP contribution in [-0.4, -0.2) is 13.2 Å². The summed E-state index contributed by atoms with van der Waals surface area (Å²) in [4.78, 5) is 4.85. The Hall–Kier alpha value is -0.380. The van der Waals surface area contributed by atoms with E-state index in [1.54, 1.807) is 7.11 Å². The SMILES string of the molecule is CONC(C)Cc1ccccc1Br. The molecule has 0 amide bonds. The van der Waals surface area contributed by atoms with E-state index in [2.05, 4.69) is 40.5 Å². The number of hydroxylamine groups is 1. The van der Waals surface area contributed by atoms with E-state index in [4.69, 9.17) is 4.84 Å². The molecule has 0 aliphatic heterocycles. The van der Waals surface area contributed by atoms with Gasteiger partial charge in [-0.05, 0) is 25.0 Å². The van der Waals surface area contributed by atoms with Gasteiger partial charge in [-0.25, -0.2) is 0 Å². The van der Waals surface area contributed by atoms with Crippen LogP contribution >= 0.6 is 15.9 Å². The van der Waals surface area contributed by atoms with Crippen LogP contribution in [0.4, 0.5) is 0 Å². The molecule has 1 atom stereocenters. The van der Waals surface area contributed by atoms with Crippen LogP contribution in [0.25, 0.3) is 0 Å². The van der Waals surface area contributed by atoms with Gasteiger partial charge in [-0.2, -0.15) is 5.48 Å². The first kappa shape index (κ1) is 10.7. The van der Waals surface area contributed by atoms with Crippen molar-refractivity contribution in [1.29, 1.82) is 0 Å². The highest BCUT2D eigenvalue weighted by Gasteiger charge is 2.04. The maximum absolute atomic E-state index is 4.85. The molecule has 0 radical (unpaired) electrons. The third-order valence-electron chi connectivity index (χ3n) is 1.80. The maximum atomic E-state index is 4.85. The molecule has 0 heterocycles. The van der Waals surface area contributed by atoms with E-state index in [1.807, 2.05) is 12.1 Å². The fourth-order valence-corrected chi connectivity index (χ4v) is 1.68. The van der Waals surface area contributed by atoms with Gasteiger partial charge < -0.3 is 4.84 Å². The van der Waals surface area contributed by atoms with Crippen molar-refractivity contribution >= 4 is 15.9 Å². The third-order valence-corrected chi connectivity index (χ3v) is 2.58. The molecule has 0 spiro atoms. The van der Waals surface area contributed by atoms with Gasteiger partial charge in [-0.15, -0.1) is 0 Å². The van der Waals surface area contributed by atoms with E-state index in [0.29, 0.717) is 6.04 Å². The number of benzene rings is 1. The molecule has 0 saturated carbocycles. The first-order chi connectivity index (χ1) is 6.24. The lowest BCUT2D eigenvalue weighted by Crippen LogP contribution is -2.26. The Morgan fingerprint density at radius 2 is 2.15 bits per heavy atom. The Kier molecular flexibility index (Phi) is 4.42. The van der Waals surface area contributed by atoms with Crippen LogP contribution in [0.5, 0.6) is 0 Å². The summed E-state index contributed by atoms with van der Waals surface area (Å²) >= 11 is 3.51. The summed E-state index contributed by atoms with van der Waals surface area (Å²) in [5, 5.41) is 0. The van der Waals surface area contributed by atoms with Crippen LogP contribution in [-0.2, 0) is 11.3 Å².